The fourth-order valence-electron chi connectivity index (χ4n) is 0.730. The molecule has 0 bridgehead atoms. The number of hydrogen-bond donors (Lipinski definition) is 3. The van der Waals surface area contributed by atoms with Crippen molar-refractivity contribution in [1.82, 2.24) is 4.72 Å². The van der Waals surface area contributed by atoms with E-state index in [-0.39, 0.29) is 6.04 Å². The van der Waals surface area contributed by atoms with Crippen molar-refractivity contribution >= 4 is 17.5 Å². The monoisotopic (exact) mass is 178 g/mol. The predicted molar refractivity (Wildman–Crippen MR) is 46.0 cm³/mol. The largest absolute Gasteiger partial charge is 0.311 e. The van der Waals surface area contributed by atoms with Gasteiger partial charge in [-0.15, -0.1) is 0 Å². The molecule has 3 N–H and O–H groups in total. The van der Waals surface area contributed by atoms with Gasteiger partial charge in [0.25, 0.3) is 0 Å². The zero-order valence-electron chi connectivity index (χ0n) is 6.54. The molecule has 66 valence electrons. The van der Waals surface area contributed by atoms with Crippen LogP contribution in [0.25, 0.3) is 0 Å². The summed E-state index contributed by atoms with van der Waals surface area (Å²) in [4.78, 5) is 0. The number of hydrogen-bond acceptors (Lipinski definition) is 2. The van der Waals surface area contributed by atoms with Crippen LogP contribution in [0.1, 0.15) is 26.2 Å². The first-order valence-corrected chi connectivity index (χ1v) is 4.69. The van der Waals surface area contributed by atoms with Gasteiger partial charge in [-0.2, -0.15) is 0 Å². The Bertz CT molecular complexity index is 141. The van der Waals surface area contributed by atoms with Crippen molar-refractivity contribution < 1.29 is 8.76 Å². The fraction of sp³-hybridized carbons (Fsp3) is 0.833. The van der Waals surface area contributed by atoms with E-state index in [0.29, 0.717) is 0 Å². The highest BCUT2D eigenvalue weighted by molar-refractivity contribution is 7.77. The molecule has 11 heavy (non-hydrogen) atoms. The molecule has 4 nitrogen and oxygen atoms in total. The lowest BCUT2D eigenvalue weighted by Gasteiger charge is -2.08. The Morgan fingerprint density at radius 2 is 2.45 bits per heavy atom. The van der Waals surface area contributed by atoms with Gasteiger partial charge in [-0.3, -0.25) is 4.55 Å². The Labute approximate surface area is 69.3 Å². The van der Waals surface area contributed by atoms with Gasteiger partial charge in [0.15, 0.2) is 0 Å². The molecule has 2 atom stereocenters. The van der Waals surface area contributed by atoms with Gasteiger partial charge in [0.2, 0.25) is 11.3 Å². The second kappa shape index (κ2) is 6.45. The van der Waals surface area contributed by atoms with Gasteiger partial charge in [-0.25, -0.2) is 8.93 Å². The van der Waals surface area contributed by atoms with Gasteiger partial charge in [0.05, 0.1) is 6.04 Å². The average molecular weight is 178 g/mol. The minimum atomic E-state index is -2.00. The van der Waals surface area contributed by atoms with Crippen molar-refractivity contribution in [3.8, 4) is 0 Å². The van der Waals surface area contributed by atoms with Gasteiger partial charge in [-0.05, 0) is 6.42 Å². The van der Waals surface area contributed by atoms with Crippen LogP contribution in [0.5, 0.6) is 0 Å². The normalized spacial score (nSPS) is 15.8. The first-order chi connectivity index (χ1) is 5.20. The average Bonchev–Trinajstić information content (AvgIpc) is 1.97. The molecule has 0 aromatic rings. The Morgan fingerprint density at radius 1 is 1.82 bits per heavy atom. The lowest BCUT2D eigenvalue weighted by atomic mass is 10.1. The standard InChI is InChI=1S/C6H14N2O2S/c1-2-3-4-6(5-7)8-11(9)10/h5-8H,2-4H2,1H3,(H,9,10). The van der Waals surface area contributed by atoms with Crippen LogP contribution in [0.3, 0.4) is 0 Å². The number of rotatable bonds is 6. The van der Waals surface area contributed by atoms with Crippen LogP contribution in [-0.4, -0.2) is 21.0 Å². The smallest absolute Gasteiger partial charge is 0.232 e. The minimum Gasteiger partial charge on any atom is -0.311 e. The summed E-state index contributed by atoms with van der Waals surface area (Å²) >= 11 is -2.00. The van der Waals surface area contributed by atoms with E-state index in [1.165, 1.54) is 0 Å². The summed E-state index contributed by atoms with van der Waals surface area (Å²) in [5, 5.41) is 6.90. The molecule has 0 radical (unpaired) electrons. The summed E-state index contributed by atoms with van der Waals surface area (Å²) in [6.07, 6.45) is 3.89. The lowest BCUT2D eigenvalue weighted by molar-refractivity contribution is 0.534. The molecule has 0 rings (SSSR count). The van der Waals surface area contributed by atoms with Crippen molar-refractivity contribution in [2.75, 3.05) is 0 Å². The van der Waals surface area contributed by atoms with Crippen molar-refractivity contribution in [2.24, 2.45) is 0 Å². The number of unbranched alkanes of at least 4 members (excludes halogenated alkanes) is 1. The highest BCUT2D eigenvalue weighted by Gasteiger charge is 2.05. The second-order valence-corrected chi connectivity index (χ2v) is 3.02. The Balaban J connectivity index is 3.57. The quantitative estimate of drug-likeness (QED) is 0.418. The molecule has 0 fully saturated rings. The maximum atomic E-state index is 10.2. The summed E-state index contributed by atoms with van der Waals surface area (Å²) < 4.78 is 21.0. The van der Waals surface area contributed by atoms with Gasteiger partial charge in [0, 0.05) is 6.21 Å². The molecule has 0 aliphatic carbocycles. The fourth-order valence-corrected chi connectivity index (χ4v) is 1.17. The molecule has 0 heterocycles. The van der Waals surface area contributed by atoms with E-state index in [1.807, 2.05) is 6.92 Å². The lowest BCUT2D eigenvalue weighted by Crippen LogP contribution is -2.31. The van der Waals surface area contributed by atoms with Gasteiger partial charge in [-0.1, -0.05) is 19.8 Å². The molecule has 0 aromatic carbocycles. The minimum absolute atomic E-state index is 0.263. The second-order valence-electron chi connectivity index (χ2n) is 2.28. The molecule has 2 unspecified atom stereocenters. The zero-order chi connectivity index (χ0) is 8.69. The van der Waals surface area contributed by atoms with Crippen molar-refractivity contribution in [2.45, 2.75) is 32.2 Å². The van der Waals surface area contributed by atoms with E-state index in [4.69, 9.17) is 9.96 Å². The maximum Gasteiger partial charge on any atom is 0.232 e. The van der Waals surface area contributed by atoms with Crippen molar-refractivity contribution in [1.29, 1.82) is 5.41 Å². The van der Waals surface area contributed by atoms with Crippen LogP contribution >= 0.6 is 0 Å². The van der Waals surface area contributed by atoms with Crippen molar-refractivity contribution in [3.63, 3.8) is 0 Å². The first-order valence-electron chi connectivity index (χ1n) is 3.58. The van der Waals surface area contributed by atoms with Crippen LogP contribution < -0.4 is 4.72 Å². The first kappa shape index (κ1) is 10.7. The van der Waals surface area contributed by atoms with Gasteiger partial charge in [0.1, 0.15) is 0 Å². The third kappa shape index (κ3) is 6.15. The highest BCUT2D eigenvalue weighted by atomic mass is 32.2. The summed E-state index contributed by atoms with van der Waals surface area (Å²) in [6, 6.07) is -0.263. The van der Waals surface area contributed by atoms with Crippen LogP contribution in [0, 0.1) is 5.41 Å². The molecule has 0 aromatic heterocycles. The summed E-state index contributed by atoms with van der Waals surface area (Å²) in [6.45, 7) is 2.04. The van der Waals surface area contributed by atoms with Gasteiger partial charge >= 0.3 is 0 Å². The SMILES string of the molecule is CCCCC(C=N)NS(=O)O. The molecule has 0 saturated carbocycles. The van der Waals surface area contributed by atoms with E-state index in [2.05, 4.69) is 4.72 Å². The summed E-state index contributed by atoms with van der Waals surface area (Å²) in [7, 11) is 0. The molecule has 0 aliphatic rings. The van der Waals surface area contributed by atoms with E-state index >= 15 is 0 Å². The molecule has 0 spiro atoms. The molecule has 0 amide bonds. The highest BCUT2D eigenvalue weighted by Crippen LogP contribution is 1.98. The van der Waals surface area contributed by atoms with Gasteiger partial charge < -0.3 is 5.41 Å². The van der Waals surface area contributed by atoms with Crippen LogP contribution in [-0.2, 0) is 11.3 Å². The van der Waals surface area contributed by atoms with E-state index in [1.54, 1.807) is 0 Å². The Kier molecular flexibility index (Phi) is 6.30. The molecule has 5 heteroatoms. The third-order valence-corrected chi connectivity index (χ3v) is 1.83. The summed E-state index contributed by atoms with van der Waals surface area (Å²) in [5.41, 5.74) is 0. The molecule has 0 saturated heterocycles. The third-order valence-electron chi connectivity index (χ3n) is 1.32. The van der Waals surface area contributed by atoms with E-state index in [0.717, 1.165) is 25.5 Å². The number of nitrogens with one attached hydrogen (secondary N) is 2. The molecular formula is C6H14N2O2S. The maximum absolute atomic E-state index is 10.2. The van der Waals surface area contributed by atoms with E-state index < -0.39 is 11.3 Å². The van der Waals surface area contributed by atoms with Crippen LogP contribution in [0.2, 0.25) is 0 Å². The Morgan fingerprint density at radius 3 is 2.82 bits per heavy atom. The topological polar surface area (TPSA) is 73.2 Å². The molecular weight excluding hydrogens is 164 g/mol. The zero-order valence-corrected chi connectivity index (χ0v) is 7.36. The Hall–Kier alpha value is -0.260. The van der Waals surface area contributed by atoms with Crippen LogP contribution in [0.15, 0.2) is 0 Å². The van der Waals surface area contributed by atoms with Crippen LogP contribution in [0.4, 0.5) is 0 Å². The van der Waals surface area contributed by atoms with E-state index in [9.17, 15) is 4.21 Å². The predicted octanol–water partition coefficient (Wildman–Crippen LogP) is 0.921. The van der Waals surface area contributed by atoms with Crippen molar-refractivity contribution in [3.05, 3.63) is 0 Å². The molecule has 0 aliphatic heterocycles. The summed E-state index contributed by atoms with van der Waals surface area (Å²) in [5.74, 6) is 0.